The van der Waals surface area contributed by atoms with E-state index in [1.165, 1.54) is 28.0 Å². The summed E-state index contributed by atoms with van der Waals surface area (Å²) in [5.41, 5.74) is 2.62. The van der Waals surface area contributed by atoms with Crippen LogP contribution in [-0.2, 0) is 16.1 Å². The minimum Gasteiger partial charge on any atom is -0.496 e. The molecule has 1 atom stereocenters. The van der Waals surface area contributed by atoms with Gasteiger partial charge in [-0.25, -0.2) is 9.79 Å². The number of allylic oxidation sites excluding steroid dienone is 1. The molecule has 0 fully saturated rings. The molecule has 2 heterocycles. The van der Waals surface area contributed by atoms with Crippen LogP contribution in [0.2, 0.25) is 0 Å². The molecule has 1 aromatic heterocycles. The Kier molecular flexibility index (Phi) is 8.30. The zero-order valence-corrected chi connectivity index (χ0v) is 23.9. The van der Waals surface area contributed by atoms with Crippen molar-refractivity contribution in [2.24, 2.45) is 4.99 Å². The van der Waals surface area contributed by atoms with Crippen molar-refractivity contribution in [3.05, 3.63) is 131 Å². The van der Waals surface area contributed by atoms with E-state index in [1.807, 2.05) is 30.3 Å². The quantitative estimate of drug-likeness (QED) is 0.163. The van der Waals surface area contributed by atoms with Crippen molar-refractivity contribution in [2.75, 3.05) is 13.7 Å². The Morgan fingerprint density at radius 2 is 1.88 bits per heavy atom. The van der Waals surface area contributed by atoms with Crippen LogP contribution in [0.4, 0.5) is 5.69 Å². The van der Waals surface area contributed by atoms with Crippen LogP contribution >= 0.6 is 11.3 Å². The zero-order chi connectivity index (χ0) is 29.8. The molecule has 4 aromatic rings. The molecule has 0 unspecified atom stereocenters. The third kappa shape index (κ3) is 5.72. The molecule has 0 aliphatic carbocycles. The SMILES string of the molecule is CCOC(=O)C1=C(C)N=c2s/c(=C/c3cccc(OCc4ccc([N+](=O)[O-])cc4)c3)c(=O)n2[C@H]1c1ccccc1OC. The van der Waals surface area contributed by atoms with E-state index in [0.29, 0.717) is 32.1 Å². The molecule has 11 heteroatoms. The molecule has 0 bridgehead atoms. The number of non-ortho nitro benzene ring substituents is 1. The zero-order valence-electron chi connectivity index (χ0n) is 23.1. The van der Waals surface area contributed by atoms with E-state index in [4.69, 9.17) is 14.2 Å². The van der Waals surface area contributed by atoms with Gasteiger partial charge in [-0.2, -0.15) is 0 Å². The van der Waals surface area contributed by atoms with Crippen molar-refractivity contribution in [1.29, 1.82) is 0 Å². The number of hydrogen-bond donors (Lipinski definition) is 0. The fraction of sp³-hybridized carbons (Fsp3) is 0.194. The number of rotatable bonds is 9. The second kappa shape index (κ2) is 12.2. The number of hydrogen-bond acceptors (Lipinski definition) is 9. The number of carbonyl (C=O) groups excluding carboxylic acids is 1. The second-order valence-corrected chi connectivity index (χ2v) is 10.3. The number of thiazole rings is 1. The molecule has 0 N–H and O–H groups in total. The van der Waals surface area contributed by atoms with Crippen LogP contribution in [-0.4, -0.2) is 29.2 Å². The molecule has 0 amide bonds. The van der Waals surface area contributed by atoms with Gasteiger partial charge in [-0.1, -0.05) is 41.7 Å². The maximum Gasteiger partial charge on any atom is 0.338 e. The first-order chi connectivity index (χ1) is 20.3. The number of fused-ring (bicyclic) bond motifs is 1. The summed E-state index contributed by atoms with van der Waals surface area (Å²) in [6, 6.07) is 19.9. The Balaban J connectivity index is 1.52. The van der Waals surface area contributed by atoms with E-state index in [-0.39, 0.29) is 30.0 Å². The van der Waals surface area contributed by atoms with Gasteiger partial charge in [0.2, 0.25) is 0 Å². The van der Waals surface area contributed by atoms with Gasteiger partial charge >= 0.3 is 5.97 Å². The van der Waals surface area contributed by atoms with Crippen LogP contribution in [0.25, 0.3) is 6.08 Å². The van der Waals surface area contributed by atoms with Gasteiger partial charge in [0.25, 0.3) is 11.2 Å². The molecule has 0 saturated heterocycles. The predicted molar refractivity (Wildman–Crippen MR) is 157 cm³/mol. The van der Waals surface area contributed by atoms with Crippen molar-refractivity contribution in [3.63, 3.8) is 0 Å². The van der Waals surface area contributed by atoms with Crippen molar-refractivity contribution in [2.45, 2.75) is 26.5 Å². The number of nitrogens with zero attached hydrogens (tertiary/aromatic N) is 3. The minimum atomic E-state index is -0.782. The van der Waals surface area contributed by atoms with Crippen LogP contribution in [0, 0.1) is 10.1 Å². The molecule has 1 aliphatic heterocycles. The van der Waals surface area contributed by atoms with Crippen LogP contribution < -0.4 is 24.4 Å². The number of esters is 1. The van der Waals surface area contributed by atoms with Crippen LogP contribution in [0.15, 0.2) is 93.9 Å². The summed E-state index contributed by atoms with van der Waals surface area (Å²) in [4.78, 5) is 42.5. The highest BCUT2D eigenvalue weighted by atomic mass is 32.1. The summed E-state index contributed by atoms with van der Waals surface area (Å²) in [6.07, 6.45) is 1.76. The van der Waals surface area contributed by atoms with Gasteiger partial charge in [-0.15, -0.1) is 0 Å². The average molecular weight is 586 g/mol. The number of aromatic nitrogens is 1. The Hall–Kier alpha value is -5.03. The molecule has 214 valence electrons. The topological polar surface area (TPSA) is 122 Å². The number of ether oxygens (including phenoxy) is 3. The summed E-state index contributed by atoms with van der Waals surface area (Å²) in [7, 11) is 1.54. The Bertz CT molecular complexity index is 1870. The molecule has 10 nitrogen and oxygen atoms in total. The Morgan fingerprint density at radius 3 is 2.60 bits per heavy atom. The van der Waals surface area contributed by atoms with E-state index in [2.05, 4.69) is 4.99 Å². The first kappa shape index (κ1) is 28.5. The number of para-hydroxylation sites is 1. The summed E-state index contributed by atoms with van der Waals surface area (Å²) >= 11 is 1.22. The summed E-state index contributed by atoms with van der Waals surface area (Å²) in [5.74, 6) is 0.565. The molecule has 5 rings (SSSR count). The molecule has 0 spiro atoms. The molecule has 0 radical (unpaired) electrons. The van der Waals surface area contributed by atoms with Gasteiger partial charge in [0, 0.05) is 17.7 Å². The van der Waals surface area contributed by atoms with E-state index < -0.39 is 16.9 Å². The minimum absolute atomic E-state index is 0.0136. The third-order valence-corrected chi connectivity index (χ3v) is 7.64. The number of nitro groups is 1. The first-order valence-electron chi connectivity index (χ1n) is 13.1. The molecular formula is C31H27N3O7S. The predicted octanol–water partition coefficient (Wildman–Crippen LogP) is 4.29. The maximum absolute atomic E-state index is 13.9. The summed E-state index contributed by atoms with van der Waals surface area (Å²) < 4.78 is 18.8. The van der Waals surface area contributed by atoms with E-state index in [0.717, 1.165) is 11.1 Å². The highest BCUT2D eigenvalue weighted by Crippen LogP contribution is 2.35. The lowest BCUT2D eigenvalue weighted by atomic mass is 9.95. The lowest BCUT2D eigenvalue weighted by Gasteiger charge is -2.25. The van der Waals surface area contributed by atoms with Gasteiger partial charge in [-0.3, -0.25) is 19.5 Å². The van der Waals surface area contributed by atoms with Gasteiger partial charge in [0.05, 0.1) is 34.4 Å². The molecule has 42 heavy (non-hydrogen) atoms. The largest absolute Gasteiger partial charge is 0.496 e. The van der Waals surface area contributed by atoms with E-state index in [1.54, 1.807) is 57.4 Å². The smallest absolute Gasteiger partial charge is 0.338 e. The number of nitro benzene ring substituents is 1. The Morgan fingerprint density at radius 1 is 1.12 bits per heavy atom. The van der Waals surface area contributed by atoms with Crippen molar-refractivity contribution in [1.82, 2.24) is 4.57 Å². The van der Waals surface area contributed by atoms with E-state index in [9.17, 15) is 19.7 Å². The van der Waals surface area contributed by atoms with Gasteiger partial charge in [-0.05, 0) is 61.4 Å². The number of carbonyl (C=O) groups is 1. The van der Waals surface area contributed by atoms with Crippen LogP contribution in [0.1, 0.15) is 36.6 Å². The fourth-order valence-corrected chi connectivity index (χ4v) is 5.75. The summed E-state index contributed by atoms with van der Waals surface area (Å²) in [5, 5.41) is 10.9. The van der Waals surface area contributed by atoms with Crippen LogP contribution in [0.3, 0.4) is 0 Å². The Labute approximate surface area is 244 Å². The number of benzene rings is 3. The summed E-state index contributed by atoms with van der Waals surface area (Å²) in [6.45, 7) is 3.86. The molecule has 3 aromatic carbocycles. The highest BCUT2D eigenvalue weighted by molar-refractivity contribution is 7.07. The highest BCUT2D eigenvalue weighted by Gasteiger charge is 2.34. The number of methoxy groups -OCH3 is 1. The van der Waals surface area contributed by atoms with E-state index >= 15 is 0 Å². The lowest BCUT2D eigenvalue weighted by Crippen LogP contribution is -2.40. The van der Waals surface area contributed by atoms with Gasteiger partial charge in [0.15, 0.2) is 4.80 Å². The van der Waals surface area contributed by atoms with Gasteiger partial charge < -0.3 is 14.2 Å². The molecule has 0 saturated carbocycles. The normalized spacial score (nSPS) is 14.6. The maximum atomic E-state index is 13.9. The van der Waals surface area contributed by atoms with Gasteiger partial charge in [0.1, 0.15) is 24.1 Å². The standard InChI is InChI=1S/C31H27N3O7S/c1-4-40-30(36)27-19(2)32-31-33(28(27)24-10-5-6-11-25(24)39-3)29(35)26(42-31)17-21-8-7-9-23(16-21)41-18-20-12-14-22(15-13-20)34(37)38/h5-17,28H,4,18H2,1-3H3/b26-17+/t28-/m0/s1. The molecular weight excluding hydrogens is 558 g/mol. The third-order valence-electron chi connectivity index (χ3n) is 6.66. The fourth-order valence-electron chi connectivity index (χ4n) is 4.70. The average Bonchev–Trinajstić information content (AvgIpc) is 3.29. The first-order valence-corrected chi connectivity index (χ1v) is 13.9. The van der Waals surface area contributed by atoms with Crippen LogP contribution in [0.5, 0.6) is 11.5 Å². The lowest BCUT2D eigenvalue weighted by molar-refractivity contribution is -0.384. The van der Waals surface area contributed by atoms with Crippen molar-refractivity contribution >= 4 is 29.1 Å². The van der Waals surface area contributed by atoms with Crippen molar-refractivity contribution < 1.29 is 23.9 Å². The van der Waals surface area contributed by atoms with Crippen molar-refractivity contribution in [3.8, 4) is 11.5 Å². The monoisotopic (exact) mass is 585 g/mol. The second-order valence-electron chi connectivity index (χ2n) is 9.33. The molecule has 1 aliphatic rings.